The first-order valence-corrected chi connectivity index (χ1v) is 9.22. The number of benzene rings is 2. The summed E-state index contributed by atoms with van der Waals surface area (Å²) in [5.74, 6) is 2.41. The van der Waals surface area contributed by atoms with E-state index in [-0.39, 0.29) is 0 Å². The number of piperidine rings is 1. The van der Waals surface area contributed by atoms with E-state index in [1.54, 1.807) is 14.2 Å². The van der Waals surface area contributed by atoms with Crippen molar-refractivity contribution in [3.63, 3.8) is 0 Å². The number of ether oxygens (including phenoxy) is 2. The SMILES string of the molecule is COc1ccc(N[C@@H]2CCCN(c3cnc4ccccc4n3)C2)cc1OC. The Morgan fingerprint density at radius 1 is 1.04 bits per heavy atom. The Bertz CT molecular complexity index is 931. The lowest BCUT2D eigenvalue weighted by Gasteiger charge is -2.34. The first-order valence-electron chi connectivity index (χ1n) is 9.22. The zero-order valence-corrected chi connectivity index (χ0v) is 15.7. The molecule has 140 valence electrons. The van der Waals surface area contributed by atoms with Crippen LogP contribution in [0.3, 0.4) is 0 Å². The van der Waals surface area contributed by atoms with Crippen LogP contribution in [0.2, 0.25) is 0 Å². The Morgan fingerprint density at radius 2 is 1.85 bits per heavy atom. The normalized spacial score (nSPS) is 17.0. The molecule has 1 saturated heterocycles. The summed E-state index contributed by atoms with van der Waals surface area (Å²) in [6, 6.07) is 14.3. The second-order valence-electron chi connectivity index (χ2n) is 6.72. The van der Waals surface area contributed by atoms with E-state index >= 15 is 0 Å². The Morgan fingerprint density at radius 3 is 2.67 bits per heavy atom. The zero-order chi connectivity index (χ0) is 18.6. The third kappa shape index (κ3) is 3.74. The Kier molecular flexibility index (Phi) is 4.96. The van der Waals surface area contributed by atoms with Gasteiger partial charge in [0.15, 0.2) is 11.5 Å². The van der Waals surface area contributed by atoms with Gasteiger partial charge >= 0.3 is 0 Å². The number of hydrogen-bond donors (Lipinski definition) is 1. The van der Waals surface area contributed by atoms with Crippen molar-refractivity contribution in [3.05, 3.63) is 48.7 Å². The average molecular weight is 364 g/mol. The van der Waals surface area contributed by atoms with Crippen molar-refractivity contribution < 1.29 is 9.47 Å². The number of hydrogen-bond acceptors (Lipinski definition) is 6. The fourth-order valence-electron chi connectivity index (χ4n) is 3.56. The van der Waals surface area contributed by atoms with Crippen LogP contribution in [0.25, 0.3) is 11.0 Å². The van der Waals surface area contributed by atoms with Crippen LogP contribution in [0.15, 0.2) is 48.7 Å². The molecule has 6 nitrogen and oxygen atoms in total. The van der Waals surface area contributed by atoms with Crippen LogP contribution in [-0.4, -0.2) is 43.3 Å². The van der Waals surface area contributed by atoms with Gasteiger partial charge in [-0.15, -0.1) is 0 Å². The standard InChI is InChI=1S/C21H24N4O2/c1-26-19-10-9-15(12-20(19)27-2)23-16-6-5-11-25(14-16)21-13-22-17-7-3-4-8-18(17)24-21/h3-4,7-10,12-13,16,23H,5-6,11,14H2,1-2H3/t16-/m1/s1. The van der Waals surface area contributed by atoms with Crippen molar-refractivity contribution >= 4 is 22.5 Å². The number of rotatable bonds is 5. The monoisotopic (exact) mass is 364 g/mol. The third-order valence-corrected chi connectivity index (χ3v) is 4.94. The van der Waals surface area contributed by atoms with Crippen molar-refractivity contribution in [1.29, 1.82) is 0 Å². The van der Waals surface area contributed by atoms with Crippen LogP contribution in [0.5, 0.6) is 11.5 Å². The molecule has 0 saturated carbocycles. The van der Waals surface area contributed by atoms with Crippen LogP contribution in [0, 0.1) is 0 Å². The molecular formula is C21H24N4O2. The minimum atomic E-state index is 0.338. The second-order valence-corrected chi connectivity index (χ2v) is 6.72. The maximum atomic E-state index is 5.40. The second kappa shape index (κ2) is 7.70. The molecule has 2 heterocycles. The molecule has 2 aromatic carbocycles. The molecular weight excluding hydrogens is 340 g/mol. The average Bonchev–Trinajstić information content (AvgIpc) is 2.73. The van der Waals surface area contributed by atoms with E-state index < -0.39 is 0 Å². The molecule has 4 rings (SSSR count). The summed E-state index contributed by atoms with van der Waals surface area (Å²) >= 11 is 0. The molecule has 0 spiro atoms. The summed E-state index contributed by atoms with van der Waals surface area (Å²) in [7, 11) is 3.30. The smallest absolute Gasteiger partial charge is 0.162 e. The number of anilines is 2. The fourth-order valence-corrected chi connectivity index (χ4v) is 3.56. The lowest BCUT2D eigenvalue weighted by Crippen LogP contribution is -2.42. The highest BCUT2D eigenvalue weighted by Gasteiger charge is 2.21. The third-order valence-electron chi connectivity index (χ3n) is 4.94. The predicted molar refractivity (Wildman–Crippen MR) is 108 cm³/mol. The molecule has 0 bridgehead atoms. The number of fused-ring (bicyclic) bond motifs is 1. The van der Waals surface area contributed by atoms with Crippen LogP contribution < -0.4 is 19.7 Å². The first kappa shape index (κ1) is 17.4. The molecule has 1 atom stereocenters. The van der Waals surface area contributed by atoms with Gasteiger partial charge in [-0.1, -0.05) is 12.1 Å². The van der Waals surface area contributed by atoms with Gasteiger partial charge in [-0.25, -0.2) is 4.98 Å². The number of nitrogens with one attached hydrogen (secondary N) is 1. The summed E-state index contributed by atoms with van der Waals surface area (Å²) in [5, 5.41) is 3.62. The summed E-state index contributed by atoms with van der Waals surface area (Å²) in [5.41, 5.74) is 2.90. The Labute approximate surface area is 159 Å². The number of aromatic nitrogens is 2. The summed E-state index contributed by atoms with van der Waals surface area (Å²) in [6.07, 6.45) is 4.10. The predicted octanol–water partition coefficient (Wildman–Crippen LogP) is 3.73. The molecule has 0 unspecified atom stereocenters. The van der Waals surface area contributed by atoms with E-state index in [1.807, 2.05) is 48.7 Å². The van der Waals surface area contributed by atoms with Gasteiger partial charge in [-0.2, -0.15) is 0 Å². The van der Waals surface area contributed by atoms with Gasteiger partial charge < -0.3 is 19.7 Å². The summed E-state index contributed by atoms with van der Waals surface area (Å²) in [6.45, 7) is 1.89. The largest absolute Gasteiger partial charge is 0.493 e. The molecule has 0 amide bonds. The van der Waals surface area contributed by atoms with Gasteiger partial charge in [0.05, 0.1) is 31.4 Å². The molecule has 3 aromatic rings. The fraction of sp³-hybridized carbons (Fsp3) is 0.333. The van der Waals surface area contributed by atoms with Crippen LogP contribution in [0.1, 0.15) is 12.8 Å². The minimum absolute atomic E-state index is 0.338. The van der Waals surface area contributed by atoms with Gasteiger partial charge in [0.2, 0.25) is 0 Å². The molecule has 27 heavy (non-hydrogen) atoms. The van der Waals surface area contributed by atoms with Gasteiger partial charge in [-0.3, -0.25) is 4.98 Å². The van der Waals surface area contributed by atoms with E-state index in [1.165, 1.54) is 0 Å². The van der Waals surface area contributed by atoms with E-state index in [0.717, 1.165) is 60.0 Å². The number of nitrogens with zero attached hydrogens (tertiary/aromatic N) is 3. The lowest BCUT2D eigenvalue weighted by atomic mass is 10.1. The zero-order valence-electron chi connectivity index (χ0n) is 15.7. The van der Waals surface area contributed by atoms with E-state index in [9.17, 15) is 0 Å². The van der Waals surface area contributed by atoms with Crippen molar-refractivity contribution in [2.24, 2.45) is 0 Å². The minimum Gasteiger partial charge on any atom is -0.493 e. The highest BCUT2D eigenvalue weighted by molar-refractivity contribution is 5.75. The number of para-hydroxylation sites is 2. The van der Waals surface area contributed by atoms with Gasteiger partial charge in [0.25, 0.3) is 0 Å². The number of methoxy groups -OCH3 is 2. The highest BCUT2D eigenvalue weighted by atomic mass is 16.5. The maximum Gasteiger partial charge on any atom is 0.162 e. The molecule has 0 aliphatic carbocycles. The maximum absolute atomic E-state index is 5.40. The van der Waals surface area contributed by atoms with Crippen molar-refractivity contribution in [1.82, 2.24) is 9.97 Å². The topological polar surface area (TPSA) is 59.5 Å². The van der Waals surface area contributed by atoms with E-state index in [0.29, 0.717) is 6.04 Å². The van der Waals surface area contributed by atoms with Crippen LogP contribution >= 0.6 is 0 Å². The summed E-state index contributed by atoms with van der Waals surface area (Å²) in [4.78, 5) is 11.6. The van der Waals surface area contributed by atoms with Gasteiger partial charge in [0.1, 0.15) is 5.82 Å². The van der Waals surface area contributed by atoms with Gasteiger partial charge in [0, 0.05) is 30.9 Å². The molecule has 1 N–H and O–H groups in total. The van der Waals surface area contributed by atoms with E-state index in [4.69, 9.17) is 14.5 Å². The molecule has 0 radical (unpaired) electrons. The van der Waals surface area contributed by atoms with Gasteiger partial charge in [-0.05, 0) is 37.1 Å². The Balaban J connectivity index is 1.49. The van der Waals surface area contributed by atoms with Crippen molar-refractivity contribution in [2.75, 3.05) is 37.5 Å². The van der Waals surface area contributed by atoms with Crippen LogP contribution in [0.4, 0.5) is 11.5 Å². The van der Waals surface area contributed by atoms with Crippen molar-refractivity contribution in [2.45, 2.75) is 18.9 Å². The molecule has 6 heteroatoms. The molecule has 1 aromatic heterocycles. The first-order chi connectivity index (χ1) is 13.3. The Hall–Kier alpha value is -3.02. The quantitative estimate of drug-likeness (QED) is 0.744. The van der Waals surface area contributed by atoms with Crippen molar-refractivity contribution in [3.8, 4) is 11.5 Å². The highest BCUT2D eigenvalue weighted by Crippen LogP contribution is 2.31. The van der Waals surface area contributed by atoms with Crippen LogP contribution in [-0.2, 0) is 0 Å². The summed E-state index contributed by atoms with van der Waals surface area (Å²) < 4.78 is 10.7. The van der Waals surface area contributed by atoms with E-state index in [2.05, 4.69) is 15.2 Å². The lowest BCUT2D eigenvalue weighted by molar-refractivity contribution is 0.355. The molecule has 1 aliphatic heterocycles. The molecule has 1 fully saturated rings. The molecule has 1 aliphatic rings.